The third kappa shape index (κ3) is 4.69. The van der Waals surface area contributed by atoms with E-state index in [1.807, 2.05) is 30.3 Å². The number of aryl methyl sites for hydroxylation is 1. The Labute approximate surface area is 140 Å². The van der Waals surface area contributed by atoms with E-state index in [1.54, 1.807) is 18.2 Å². The van der Waals surface area contributed by atoms with Gasteiger partial charge in [0.05, 0.1) is 10.6 Å². The molecule has 5 heteroatoms. The lowest BCUT2D eigenvalue weighted by Crippen LogP contribution is -2.30. The van der Waals surface area contributed by atoms with Crippen molar-refractivity contribution in [3.63, 3.8) is 0 Å². The van der Waals surface area contributed by atoms with Gasteiger partial charge in [-0.3, -0.25) is 10.2 Å². The lowest BCUT2D eigenvalue weighted by Gasteiger charge is -2.08. The largest absolute Gasteiger partial charge is 0.404 e. The highest BCUT2D eigenvalue weighted by Crippen LogP contribution is 2.25. The van der Waals surface area contributed by atoms with Gasteiger partial charge in [0, 0.05) is 23.9 Å². The van der Waals surface area contributed by atoms with Gasteiger partial charge in [-0.15, -0.1) is 0 Å². The third-order valence-corrected chi connectivity index (χ3v) is 3.72. The monoisotopic (exact) mass is 328 g/mol. The standard InChI is InChI=1S/C18H18ClN3O/c19-17-10-15(7-8-16(17)14(11-20)12-21)22-18(23)9-6-13-4-2-1-3-5-13/h1-5,7-8,10-12,20H,6,9,21H2,(H,22,23)/p+1/b14-12+,20-11?. The molecule has 2 rings (SSSR count). The van der Waals surface area contributed by atoms with Crippen LogP contribution >= 0.6 is 11.6 Å². The van der Waals surface area contributed by atoms with Crippen LogP contribution in [0.4, 0.5) is 5.69 Å². The van der Waals surface area contributed by atoms with Crippen LogP contribution in [0.25, 0.3) is 5.57 Å². The fourth-order valence-electron chi connectivity index (χ4n) is 2.19. The van der Waals surface area contributed by atoms with Crippen molar-refractivity contribution in [3.05, 3.63) is 70.9 Å². The number of nitrogens with one attached hydrogen (secondary N) is 1. The summed E-state index contributed by atoms with van der Waals surface area (Å²) < 4.78 is 0. The van der Waals surface area contributed by atoms with Crippen LogP contribution in [0, 0.1) is 0 Å². The lowest BCUT2D eigenvalue weighted by molar-refractivity contribution is -0.116. The molecular weight excluding hydrogens is 310 g/mol. The van der Waals surface area contributed by atoms with E-state index in [9.17, 15) is 4.79 Å². The molecule has 0 aromatic heterocycles. The molecule has 2 aromatic carbocycles. The summed E-state index contributed by atoms with van der Waals surface area (Å²) in [4.78, 5) is 12.0. The van der Waals surface area contributed by atoms with E-state index >= 15 is 0 Å². The molecule has 0 saturated heterocycles. The summed E-state index contributed by atoms with van der Waals surface area (Å²) in [5, 5.41) is 8.81. The molecule has 0 aliphatic carbocycles. The second-order valence-corrected chi connectivity index (χ2v) is 5.42. The molecule has 1 amide bonds. The van der Waals surface area contributed by atoms with E-state index in [4.69, 9.17) is 22.7 Å². The highest BCUT2D eigenvalue weighted by molar-refractivity contribution is 6.34. The first kappa shape index (κ1) is 16.8. The molecule has 0 bridgehead atoms. The van der Waals surface area contributed by atoms with Gasteiger partial charge in [0.15, 0.2) is 6.21 Å². The molecule has 0 radical (unpaired) electrons. The van der Waals surface area contributed by atoms with Crippen LogP contribution in [-0.4, -0.2) is 12.1 Å². The van der Waals surface area contributed by atoms with Crippen molar-refractivity contribution in [2.75, 3.05) is 5.32 Å². The molecule has 23 heavy (non-hydrogen) atoms. The van der Waals surface area contributed by atoms with Crippen molar-refractivity contribution in [2.45, 2.75) is 12.8 Å². The maximum atomic E-state index is 12.0. The summed E-state index contributed by atoms with van der Waals surface area (Å²) in [5.74, 6) is -0.0577. The predicted octanol–water partition coefficient (Wildman–Crippen LogP) is 2.04. The molecule has 0 aliphatic rings. The number of nitrogens with two attached hydrogens (primary N) is 2. The second kappa shape index (κ2) is 8.15. The van der Waals surface area contributed by atoms with E-state index in [2.05, 4.69) is 5.32 Å². The van der Waals surface area contributed by atoms with Crippen molar-refractivity contribution >= 4 is 35.0 Å². The SMILES string of the molecule is N/C=C(\C=[NH2+])c1ccc(NC(=O)CCc2ccccc2)cc1Cl. The van der Waals surface area contributed by atoms with Gasteiger partial charge < -0.3 is 11.1 Å². The zero-order chi connectivity index (χ0) is 16.7. The Hall–Kier alpha value is -2.59. The number of rotatable bonds is 6. The predicted molar refractivity (Wildman–Crippen MR) is 95.0 cm³/mol. The average molecular weight is 329 g/mol. The number of hydrogen-bond acceptors (Lipinski definition) is 2. The first-order chi connectivity index (χ1) is 11.1. The van der Waals surface area contributed by atoms with Crippen LogP contribution in [-0.2, 0) is 11.2 Å². The van der Waals surface area contributed by atoms with Gasteiger partial charge >= 0.3 is 0 Å². The van der Waals surface area contributed by atoms with Crippen LogP contribution in [0.1, 0.15) is 17.5 Å². The summed E-state index contributed by atoms with van der Waals surface area (Å²) in [6, 6.07) is 15.1. The van der Waals surface area contributed by atoms with Crippen LogP contribution < -0.4 is 16.5 Å². The Balaban J connectivity index is 1.99. The van der Waals surface area contributed by atoms with Crippen LogP contribution in [0.3, 0.4) is 0 Å². The Morgan fingerprint density at radius 3 is 2.57 bits per heavy atom. The zero-order valence-corrected chi connectivity index (χ0v) is 13.4. The second-order valence-electron chi connectivity index (χ2n) is 5.02. The minimum atomic E-state index is -0.0577. The molecule has 0 unspecified atom stereocenters. The molecule has 0 heterocycles. The maximum absolute atomic E-state index is 12.0. The van der Waals surface area contributed by atoms with Crippen molar-refractivity contribution in [3.8, 4) is 0 Å². The maximum Gasteiger partial charge on any atom is 0.224 e. The Kier molecular flexibility index (Phi) is 5.94. The van der Waals surface area contributed by atoms with Crippen LogP contribution in [0.2, 0.25) is 5.02 Å². The molecule has 118 valence electrons. The third-order valence-electron chi connectivity index (χ3n) is 3.41. The Bertz CT molecular complexity index is 726. The minimum absolute atomic E-state index is 0.0577. The molecule has 4 nitrogen and oxygen atoms in total. The summed E-state index contributed by atoms with van der Waals surface area (Å²) in [5.41, 5.74) is 8.63. The number of amides is 1. The van der Waals surface area contributed by atoms with Gasteiger partial charge in [0.2, 0.25) is 5.91 Å². The molecule has 2 aromatic rings. The number of halogens is 1. The number of carbonyl (C=O) groups excluding carboxylic acids is 1. The van der Waals surface area contributed by atoms with Gasteiger partial charge in [0.25, 0.3) is 0 Å². The van der Waals surface area contributed by atoms with E-state index in [0.717, 1.165) is 11.1 Å². The molecule has 0 saturated carbocycles. The van der Waals surface area contributed by atoms with Crippen molar-refractivity contribution in [1.82, 2.24) is 0 Å². The fraction of sp³-hybridized carbons (Fsp3) is 0.111. The normalized spacial score (nSPS) is 11.1. The van der Waals surface area contributed by atoms with E-state index in [-0.39, 0.29) is 5.91 Å². The number of allylic oxidation sites excluding steroid dienone is 1. The number of carbonyl (C=O) groups is 1. The Morgan fingerprint density at radius 2 is 1.96 bits per heavy atom. The summed E-state index contributed by atoms with van der Waals surface area (Å²) in [6.07, 6.45) is 3.88. The summed E-state index contributed by atoms with van der Waals surface area (Å²) >= 11 is 6.21. The van der Waals surface area contributed by atoms with Gasteiger partial charge in [-0.05, 0) is 24.1 Å². The van der Waals surface area contributed by atoms with Crippen molar-refractivity contribution < 1.29 is 10.2 Å². The number of benzene rings is 2. The van der Waals surface area contributed by atoms with Crippen molar-refractivity contribution in [1.29, 1.82) is 0 Å². The van der Waals surface area contributed by atoms with Gasteiger partial charge in [-0.25, -0.2) is 0 Å². The molecule has 0 spiro atoms. The first-order valence-electron chi connectivity index (χ1n) is 7.24. The minimum Gasteiger partial charge on any atom is -0.404 e. The Morgan fingerprint density at radius 1 is 1.22 bits per heavy atom. The molecule has 5 N–H and O–H groups in total. The molecule has 0 fully saturated rings. The number of hydrogen-bond donors (Lipinski definition) is 3. The van der Waals surface area contributed by atoms with Crippen LogP contribution in [0.15, 0.2) is 54.7 Å². The fourth-order valence-corrected chi connectivity index (χ4v) is 2.48. The van der Waals surface area contributed by atoms with Crippen molar-refractivity contribution in [2.24, 2.45) is 5.73 Å². The summed E-state index contributed by atoms with van der Waals surface area (Å²) in [6.45, 7) is 0. The van der Waals surface area contributed by atoms with E-state index < -0.39 is 0 Å². The van der Waals surface area contributed by atoms with Gasteiger partial charge in [0.1, 0.15) is 0 Å². The quantitative estimate of drug-likeness (QED) is 0.709. The van der Waals surface area contributed by atoms with E-state index in [0.29, 0.717) is 29.1 Å². The highest BCUT2D eigenvalue weighted by Gasteiger charge is 2.09. The smallest absolute Gasteiger partial charge is 0.224 e. The van der Waals surface area contributed by atoms with Gasteiger partial charge in [-0.2, -0.15) is 0 Å². The average Bonchev–Trinajstić information content (AvgIpc) is 2.57. The lowest BCUT2D eigenvalue weighted by atomic mass is 10.1. The number of anilines is 1. The molecule has 0 aliphatic heterocycles. The van der Waals surface area contributed by atoms with E-state index in [1.165, 1.54) is 12.4 Å². The highest BCUT2D eigenvalue weighted by atomic mass is 35.5. The molecule has 0 atom stereocenters. The topological polar surface area (TPSA) is 80.7 Å². The van der Waals surface area contributed by atoms with Gasteiger partial charge in [-0.1, -0.05) is 48.0 Å². The first-order valence-corrected chi connectivity index (χ1v) is 7.62. The van der Waals surface area contributed by atoms with Crippen LogP contribution in [0.5, 0.6) is 0 Å². The molecular formula is C18H19ClN3O+. The summed E-state index contributed by atoms with van der Waals surface area (Å²) in [7, 11) is 0. The zero-order valence-electron chi connectivity index (χ0n) is 12.6.